The van der Waals surface area contributed by atoms with Gasteiger partial charge in [0.15, 0.2) is 12.1 Å². The number of nitrogens with zero attached hydrogens (tertiary/aromatic N) is 1. The first-order chi connectivity index (χ1) is 17.4. The lowest BCUT2D eigenvalue weighted by Gasteiger charge is -2.24. The quantitative estimate of drug-likeness (QED) is 0.461. The molecule has 3 aromatic rings. The van der Waals surface area contributed by atoms with E-state index in [9.17, 15) is 14.4 Å². The van der Waals surface area contributed by atoms with Gasteiger partial charge in [0.1, 0.15) is 0 Å². The standard InChI is InChI=1S/C28H26ClN3O4/c1-17-5-7-18(8-6-17)16-32-24(27(34)31-23-13-14-23)25(36-28(32)35)19-9-11-22(12-10-19)30-26(33)20-3-2-4-21(29)15-20/h2-12,15,23-25H,13-14,16H2,1H3,(H,30,33)(H,31,34). The molecule has 5 rings (SSSR count). The van der Waals surface area contributed by atoms with E-state index in [2.05, 4.69) is 10.6 Å². The SMILES string of the molecule is Cc1ccc(CN2C(=O)OC(c3ccc(NC(=O)c4cccc(Cl)c4)cc3)C2C(=O)NC2CC2)cc1. The number of nitrogens with one attached hydrogen (secondary N) is 2. The van der Waals surface area contributed by atoms with Crippen LogP contribution in [0.3, 0.4) is 0 Å². The molecule has 0 radical (unpaired) electrons. The first-order valence-electron chi connectivity index (χ1n) is 11.9. The average molecular weight is 504 g/mol. The molecule has 1 saturated heterocycles. The summed E-state index contributed by atoms with van der Waals surface area (Å²) in [4.78, 5) is 40.1. The number of halogens is 1. The van der Waals surface area contributed by atoms with E-state index in [0.29, 0.717) is 21.8 Å². The zero-order valence-electron chi connectivity index (χ0n) is 19.7. The van der Waals surface area contributed by atoms with E-state index < -0.39 is 18.2 Å². The highest BCUT2D eigenvalue weighted by atomic mass is 35.5. The van der Waals surface area contributed by atoms with Crippen molar-refractivity contribution in [3.8, 4) is 0 Å². The molecule has 1 aliphatic carbocycles. The fourth-order valence-corrected chi connectivity index (χ4v) is 4.39. The van der Waals surface area contributed by atoms with E-state index >= 15 is 0 Å². The molecule has 36 heavy (non-hydrogen) atoms. The lowest BCUT2D eigenvalue weighted by Crippen LogP contribution is -2.46. The number of ether oxygens (including phenoxy) is 1. The number of aryl methyl sites for hydroxylation is 1. The Labute approximate surface area is 214 Å². The number of hydrogen-bond acceptors (Lipinski definition) is 4. The second-order valence-corrected chi connectivity index (χ2v) is 9.67. The first kappa shape index (κ1) is 23.9. The smallest absolute Gasteiger partial charge is 0.411 e. The van der Waals surface area contributed by atoms with Gasteiger partial charge in [-0.05, 0) is 61.2 Å². The second-order valence-electron chi connectivity index (χ2n) is 9.23. The van der Waals surface area contributed by atoms with Crippen LogP contribution in [-0.2, 0) is 16.1 Å². The summed E-state index contributed by atoms with van der Waals surface area (Å²) in [6.45, 7) is 2.27. The second kappa shape index (κ2) is 10.0. The Morgan fingerprint density at radius 2 is 1.75 bits per heavy atom. The van der Waals surface area contributed by atoms with Crippen molar-refractivity contribution in [3.05, 3.63) is 100 Å². The Kier molecular flexibility index (Phi) is 6.65. The number of carbonyl (C=O) groups excluding carboxylic acids is 3. The topological polar surface area (TPSA) is 87.7 Å². The summed E-state index contributed by atoms with van der Waals surface area (Å²) < 4.78 is 5.72. The summed E-state index contributed by atoms with van der Waals surface area (Å²) in [5.74, 6) is -0.512. The molecule has 1 saturated carbocycles. The molecule has 2 fully saturated rings. The normalized spacial score (nSPS) is 19.1. The van der Waals surface area contributed by atoms with E-state index in [1.165, 1.54) is 4.90 Å². The number of amides is 3. The van der Waals surface area contributed by atoms with Crippen molar-refractivity contribution in [2.24, 2.45) is 0 Å². The van der Waals surface area contributed by atoms with Crippen LogP contribution in [0.1, 0.15) is 46.0 Å². The molecule has 3 amide bonds. The van der Waals surface area contributed by atoms with Crippen molar-refractivity contribution < 1.29 is 19.1 Å². The summed E-state index contributed by atoms with van der Waals surface area (Å²) in [6.07, 6.45) is 0.586. The fraction of sp³-hybridized carbons (Fsp3) is 0.250. The number of carbonyl (C=O) groups is 3. The number of benzene rings is 3. The molecule has 0 spiro atoms. The predicted octanol–water partition coefficient (Wildman–Crippen LogP) is 5.24. The minimum Gasteiger partial charge on any atom is -0.438 e. The zero-order chi connectivity index (χ0) is 25.2. The van der Waals surface area contributed by atoms with Gasteiger partial charge in [-0.2, -0.15) is 0 Å². The van der Waals surface area contributed by atoms with E-state index in [1.807, 2.05) is 31.2 Å². The van der Waals surface area contributed by atoms with Gasteiger partial charge in [0.2, 0.25) is 5.91 Å². The number of hydrogen-bond donors (Lipinski definition) is 2. The molecule has 2 N–H and O–H groups in total. The van der Waals surface area contributed by atoms with Crippen molar-refractivity contribution in [3.63, 3.8) is 0 Å². The van der Waals surface area contributed by atoms with Gasteiger partial charge >= 0.3 is 6.09 Å². The molecule has 0 bridgehead atoms. The van der Waals surface area contributed by atoms with Crippen LogP contribution >= 0.6 is 11.6 Å². The third-order valence-corrected chi connectivity index (χ3v) is 6.57. The Bertz CT molecular complexity index is 1290. The summed E-state index contributed by atoms with van der Waals surface area (Å²) in [6, 6.07) is 20.9. The molecule has 1 heterocycles. The monoisotopic (exact) mass is 503 g/mol. The fourth-order valence-electron chi connectivity index (χ4n) is 4.20. The maximum Gasteiger partial charge on any atom is 0.411 e. The lowest BCUT2D eigenvalue weighted by atomic mass is 10.00. The van der Waals surface area contributed by atoms with Gasteiger partial charge in [-0.1, -0.05) is 59.6 Å². The summed E-state index contributed by atoms with van der Waals surface area (Å²) in [5.41, 5.74) is 3.72. The molecule has 3 aromatic carbocycles. The van der Waals surface area contributed by atoms with Crippen LogP contribution in [0.25, 0.3) is 0 Å². The molecular formula is C28H26ClN3O4. The Balaban J connectivity index is 1.35. The minimum absolute atomic E-state index is 0.152. The maximum absolute atomic E-state index is 13.2. The highest BCUT2D eigenvalue weighted by Crippen LogP contribution is 2.35. The maximum atomic E-state index is 13.2. The van der Waals surface area contributed by atoms with Gasteiger partial charge in [-0.15, -0.1) is 0 Å². The van der Waals surface area contributed by atoms with Crippen LogP contribution in [0.5, 0.6) is 0 Å². The molecular weight excluding hydrogens is 478 g/mol. The lowest BCUT2D eigenvalue weighted by molar-refractivity contribution is -0.126. The average Bonchev–Trinajstić information content (AvgIpc) is 3.62. The van der Waals surface area contributed by atoms with Gasteiger partial charge in [0.25, 0.3) is 5.91 Å². The van der Waals surface area contributed by atoms with Gasteiger partial charge in [-0.25, -0.2) is 4.79 Å². The van der Waals surface area contributed by atoms with Crippen molar-refractivity contribution in [1.29, 1.82) is 0 Å². The van der Waals surface area contributed by atoms with Crippen molar-refractivity contribution in [2.75, 3.05) is 5.32 Å². The largest absolute Gasteiger partial charge is 0.438 e. The predicted molar refractivity (Wildman–Crippen MR) is 137 cm³/mol. The van der Waals surface area contributed by atoms with E-state index in [1.54, 1.807) is 48.5 Å². The third kappa shape index (κ3) is 5.36. The Morgan fingerprint density at radius 3 is 2.42 bits per heavy atom. The van der Waals surface area contributed by atoms with Crippen LogP contribution in [-0.4, -0.2) is 34.9 Å². The van der Waals surface area contributed by atoms with Gasteiger partial charge in [0, 0.05) is 22.3 Å². The first-order valence-corrected chi connectivity index (χ1v) is 12.3. The Morgan fingerprint density at radius 1 is 1.03 bits per heavy atom. The summed E-state index contributed by atoms with van der Waals surface area (Å²) in [5, 5.41) is 6.33. The minimum atomic E-state index is -0.800. The highest BCUT2D eigenvalue weighted by Gasteiger charge is 2.47. The molecule has 184 valence electrons. The van der Waals surface area contributed by atoms with Crippen LogP contribution < -0.4 is 10.6 Å². The molecule has 2 atom stereocenters. The zero-order valence-corrected chi connectivity index (χ0v) is 20.5. The molecule has 2 unspecified atom stereocenters. The molecule has 0 aromatic heterocycles. The van der Waals surface area contributed by atoms with Crippen molar-refractivity contribution in [1.82, 2.24) is 10.2 Å². The number of cyclic esters (lactones) is 1. The summed E-state index contributed by atoms with van der Waals surface area (Å²) in [7, 11) is 0. The van der Waals surface area contributed by atoms with Gasteiger partial charge in [0.05, 0.1) is 6.54 Å². The van der Waals surface area contributed by atoms with Crippen LogP contribution in [0.15, 0.2) is 72.8 Å². The summed E-state index contributed by atoms with van der Waals surface area (Å²) >= 11 is 5.98. The van der Waals surface area contributed by atoms with Crippen molar-refractivity contribution in [2.45, 2.75) is 44.5 Å². The number of anilines is 1. The molecule has 1 aliphatic heterocycles. The van der Waals surface area contributed by atoms with E-state index in [4.69, 9.17) is 16.3 Å². The van der Waals surface area contributed by atoms with Crippen LogP contribution in [0.2, 0.25) is 5.02 Å². The van der Waals surface area contributed by atoms with Gasteiger partial charge < -0.3 is 15.4 Å². The molecule has 2 aliphatic rings. The highest BCUT2D eigenvalue weighted by molar-refractivity contribution is 6.31. The van der Waals surface area contributed by atoms with Crippen LogP contribution in [0.4, 0.5) is 10.5 Å². The van der Waals surface area contributed by atoms with E-state index in [-0.39, 0.29) is 24.4 Å². The molecule has 7 nitrogen and oxygen atoms in total. The third-order valence-electron chi connectivity index (χ3n) is 6.33. The van der Waals surface area contributed by atoms with E-state index in [0.717, 1.165) is 24.0 Å². The van der Waals surface area contributed by atoms with Crippen molar-refractivity contribution >= 4 is 35.2 Å². The Hall–Kier alpha value is -3.84. The van der Waals surface area contributed by atoms with Gasteiger partial charge in [-0.3, -0.25) is 14.5 Å². The number of rotatable bonds is 7. The molecule has 8 heteroatoms. The van der Waals surface area contributed by atoms with Crippen LogP contribution in [0, 0.1) is 6.92 Å².